The molecule has 0 heterocycles. The molecule has 2 rings (SSSR count). The zero-order chi connectivity index (χ0) is 23.6. The Balaban J connectivity index is 0.00000233. The van der Waals surface area contributed by atoms with Crippen molar-refractivity contribution in [1.82, 2.24) is 0 Å². The van der Waals surface area contributed by atoms with Gasteiger partial charge >= 0.3 is 12.3 Å². The van der Waals surface area contributed by atoms with E-state index in [4.69, 9.17) is 5.41 Å². The van der Waals surface area contributed by atoms with E-state index >= 15 is 0 Å². The lowest BCUT2D eigenvalue weighted by molar-refractivity contribution is -0.135. The Kier molecular flexibility index (Phi) is 9.99. The summed E-state index contributed by atoms with van der Waals surface area (Å²) in [4.78, 5) is 0. The van der Waals surface area contributed by atoms with Crippen LogP contribution < -0.4 is 0 Å². The first-order valence-corrected chi connectivity index (χ1v) is 9.21. The first kappa shape index (κ1) is 25.9. The average Bonchev–Trinajstić information content (AvgIpc) is 2.75. The van der Waals surface area contributed by atoms with Crippen molar-refractivity contribution in [2.45, 2.75) is 31.6 Å². The molecule has 1 N–H and O–H groups in total. The number of rotatable bonds is 8. The highest BCUT2D eigenvalue weighted by molar-refractivity contribution is 5.40. The lowest BCUT2D eigenvalue weighted by Crippen LogP contribution is -2.24. The van der Waals surface area contributed by atoms with Gasteiger partial charge in [-0.05, 0) is 67.1 Å². The summed E-state index contributed by atoms with van der Waals surface area (Å²) in [5, 5.41) is 5.50. The van der Waals surface area contributed by atoms with E-state index in [1.54, 1.807) is 31.2 Å². The van der Waals surface area contributed by atoms with Crippen LogP contribution in [-0.4, -0.2) is 13.1 Å². The summed E-state index contributed by atoms with van der Waals surface area (Å²) >= 11 is 0. The second kappa shape index (κ2) is 11.9. The van der Waals surface area contributed by atoms with Gasteiger partial charge in [0.2, 0.25) is 0 Å². The minimum atomic E-state index is -4.49. The summed E-state index contributed by atoms with van der Waals surface area (Å²) in [6, 6.07) is 7.59. The maximum absolute atomic E-state index is 14.1. The third kappa shape index (κ3) is 6.98. The Morgan fingerprint density at radius 3 is 2.13 bits per heavy atom. The molecule has 0 spiro atoms. The first-order valence-electron chi connectivity index (χ1n) is 9.21. The van der Waals surface area contributed by atoms with Gasteiger partial charge in [-0.1, -0.05) is 43.0 Å². The zero-order valence-electron chi connectivity index (χ0n) is 16.9. The fraction of sp³-hybridized carbons (Fsp3) is 0.208. The van der Waals surface area contributed by atoms with Gasteiger partial charge in [0.05, 0.1) is 0 Å². The maximum atomic E-state index is 14.1. The number of halogens is 6. The molecule has 1 atom stereocenters. The van der Waals surface area contributed by atoms with E-state index in [2.05, 4.69) is 13.3 Å². The quantitative estimate of drug-likeness (QED) is 0.247. The van der Waals surface area contributed by atoms with Crippen LogP contribution in [0.5, 0.6) is 0 Å². The maximum Gasteiger partial charge on any atom is 0.332 e. The minimum Gasteiger partial charge on any atom is -0.317 e. The molecule has 2 aromatic rings. The second-order valence-electron chi connectivity index (χ2n) is 6.48. The molecule has 0 aliphatic carbocycles. The number of hydrogen-bond acceptors (Lipinski definition) is 1. The highest BCUT2D eigenvalue weighted by atomic mass is 19.3. The summed E-state index contributed by atoms with van der Waals surface area (Å²) in [6.45, 7) is 8.02. The van der Waals surface area contributed by atoms with Crippen LogP contribution in [0.3, 0.4) is 0 Å². The smallest absolute Gasteiger partial charge is 0.317 e. The Labute approximate surface area is 177 Å². The summed E-state index contributed by atoms with van der Waals surface area (Å²) < 4.78 is 80.7. The molecule has 0 saturated heterocycles. The Morgan fingerprint density at radius 1 is 1.00 bits per heavy atom. The fourth-order valence-corrected chi connectivity index (χ4v) is 2.93. The molecule has 2 aromatic carbocycles. The third-order valence-corrected chi connectivity index (χ3v) is 4.46. The van der Waals surface area contributed by atoms with Crippen molar-refractivity contribution >= 4 is 6.72 Å². The zero-order valence-corrected chi connectivity index (χ0v) is 16.9. The number of alkyl halides is 4. The highest BCUT2D eigenvalue weighted by Crippen LogP contribution is 2.39. The highest BCUT2D eigenvalue weighted by Gasteiger charge is 2.43. The van der Waals surface area contributed by atoms with E-state index in [0.717, 1.165) is 12.1 Å². The number of allylic oxidation sites excluding steroid dienone is 5. The van der Waals surface area contributed by atoms with Crippen molar-refractivity contribution in [3.63, 3.8) is 0 Å². The fourth-order valence-electron chi connectivity index (χ4n) is 2.93. The molecule has 0 aliphatic rings. The first-order chi connectivity index (χ1) is 14.7. The number of nitrogens with one attached hydrogen (secondary N) is 1. The summed E-state index contributed by atoms with van der Waals surface area (Å²) in [5.41, 5.74) is 0.216. The molecule has 1 nitrogen and oxygen atoms in total. The normalized spacial score (nSPS) is 13.1. The van der Waals surface area contributed by atoms with Crippen LogP contribution in [0.4, 0.5) is 26.3 Å². The van der Waals surface area contributed by atoms with Crippen molar-refractivity contribution < 1.29 is 26.3 Å². The SMILES string of the molecule is C=C/C(=C\C=C/C)C[C@H](c1ccc(F)cc1)c1cc(F)cc(C(F)(F)C(F)F)c1.C=N. The van der Waals surface area contributed by atoms with E-state index < -0.39 is 35.5 Å². The lowest BCUT2D eigenvalue weighted by atomic mass is 9.84. The van der Waals surface area contributed by atoms with E-state index in [9.17, 15) is 26.3 Å². The summed E-state index contributed by atoms with van der Waals surface area (Å²) in [6.07, 6.45) is 3.09. The second-order valence-corrected chi connectivity index (χ2v) is 6.48. The van der Waals surface area contributed by atoms with Gasteiger partial charge in [0.15, 0.2) is 0 Å². The molecule has 166 valence electrons. The predicted octanol–water partition coefficient (Wildman–Crippen LogP) is 7.80. The van der Waals surface area contributed by atoms with Gasteiger partial charge in [0.1, 0.15) is 11.6 Å². The van der Waals surface area contributed by atoms with Crippen molar-refractivity contribution in [3.8, 4) is 0 Å². The number of hydrogen-bond donors (Lipinski definition) is 1. The average molecular weight is 439 g/mol. The molecule has 0 amide bonds. The van der Waals surface area contributed by atoms with Crippen LogP contribution in [0.2, 0.25) is 0 Å². The third-order valence-electron chi connectivity index (χ3n) is 4.46. The molecule has 0 fully saturated rings. The Hall–Kier alpha value is -3.09. The van der Waals surface area contributed by atoms with E-state index in [0.29, 0.717) is 17.2 Å². The van der Waals surface area contributed by atoms with E-state index in [1.807, 2.05) is 0 Å². The number of benzene rings is 2. The van der Waals surface area contributed by atoms with Gasteiger partial charge in [-0.3, -0.25) is 0 Å². The molecule has 31 heavy (non-hydrogen) atoms. The van der Waals surface area contributed by atoms with Crippen LogP contribution in [-0.2, 0) is 5.92 Å². The van der Waals surface area contributed by atoms with Crippen molar-refractivity contribution in [3.05, 3.63) is 107 Å². The molecule has 0 unspecified atom stereocenters. The lowest BCUT2D eigenvalue weighted by Gasteiger charge is -2.22. The van der Waals surface area contributed by atoms with Gasteiger partial charge in [0, 0.05) is 11.5 Å². The monoisotopic (exact) mass is 439 g/mol. The Bertz CT molecular complexity index is 916. The minimum absolute atomic E-state index is 0.0835. The van der Waals surface area contributed by atoms with Crippen LogP contribution in [0.1, 0.15) is 36.0 Å². The standard InChI is InChI=1S/C23H20F6.CH3N/c1-3-5-6-15(4-2)11-21(16-7-9-19(24)10-8-16)17-12-18(14-20(25)13-17)23(28,29)22(26)27;1-2/h3-10,12-14,21-22H,2,11H2,1H3;2H,1H2/b5-3-,15-6+;/t21-;/m1./s1. The largest absolute Gasteiger partial charge is 0.332 e. The van der Waals surface area contributed by atoms with Gasteiger partial charge < -0.3 is 5.41 Å². The summed E-state index contributed by atoms with van der Waals surface area (Å²) in [7, 11) is 0. The van der Waals surface area contributed by atoms with E-state index in [1.165, 1.54) is 24.3 Å². The predicted molar refractivity (Wildman–Crippen MR) is 112 cm³/mol. The molecule has 0 aliphatic heterocycles. The van der Waals surface area contributed by atoms with Gasteiger partial charge in [-0.15, -0.1) is 0 Å². The molecule has 0 bridgehead atoms. The van der Waals surface area contributed by atoms with Crippen LogP contribution in [0.25, 0.3) is 0 Å². The van der Waals surface area contributed by atoms with Crippen LogP contribution in [0.15, 0.2) is 78.9 Å². The van der Waals surface area contributed by atoms with Crippen LogP contribution >= 0.6 is 0 Å². The van der Waals surface area contributed by atoms with Gasteiger partial charge in [-0.2, -0.15) is 8.78 Å². The molecular weight excluding hydrogens is 416 g/mol. The van der Waals surface area contributed by atoms with Crippen molar-refractivity contribution in [1.29, 1.82) is 5.41 Å². The molecule has 0 aromatic heterocycles. The van der Waals surface area contributed by atoms with E-state index in [-0.39, 0.29) is 12.0 Å². The molecule has 0 saturated carbocycles. The van der Waals surface area contributed by atoms with Crippen molar-refractivity contribution in [2.75, 3.05) is 0 Å². The van der Waals surface area contributed by atoms with Gasteiger partial charge in [-0.25, -0.2) is 17.6 Å². The molecule has 7 heteroatoms. The Morgan fingerprint density at radius 2 is 1.61 bits per heavy atom. The molecular formula is C24H23F6N. The summed E-state index contributed by atoms with van der Waals surface area (Å²) in [5.74, 6) is -6.72. The van der Waals surface area contributed by atoms with Crippen LogP contribution in [0, 0.1) is 17.0 Å². The molecule has 0 radical (unpaired) electrons. The van der Waals surface area contributed by atoms with Crippen molar-refractivity contribution in [2.24, 2.45) is 0 Å². The van der Waals surface area contributed by atoms with Gasteiger partial charge in [0.25, 0.3) is 0 Å². The topological polar surface area (TPSA) is 23.9 Å².